The molecule has 0 unspecified atom stereocenters. The van der Waals surface area contributed by atoms with E-state index in [0.29, 0.717) is 28.0 Å². The second-order valence-corrected chi connectivity index (χ2v) is 5.56. The summed E-state index contributed by atoms with van der Waals surface area (Å²) in [5.74, 6) is -0.225. The van der Waals surface area contributed by atoms with Gasteiger partial charge >= 0.3 is 0 Å². The Morgan fingerprint density at radius 2 is 1.87 bits per heavy atom. The van der Waals surface area contributed by atoms with Gasteiger partial charge in [0.1, 0.15) is 0 Å². The third-order valence-electron chi connectivity index (χ3n) is 3.66. The van der Waals surface area contributed by atoms with E-state index in [1.165, 1.54) is 6.07 Å². The molecule has 0 bridgehead atoms. The molecule has 2 aromatic carbocycles. The molecule has 0 aliphatic rings. The van der Waals surface area contributed by atoms with Crippen LogP contribution in [0.2, 0.25) is 5.02 Å². The molecule has 5 heteroatoms. The molecule has 1 heterocycles. The number of aromatic amines is 1. The van der Waals surface area contributed by atoms with Crippen LogP contribution in [-0.2, 0) is 0 Å². The maximum Gasteiger partial charge on any atom is 0.259 e. The van der Waals surface area contributed by atoms with Gasteiger partial charge in [-0.3, -0.25) is 9.59 Å². The molecule has 116 valence electrons. The first-order chi connectivity index (χ1) is 11.1. The number of aromatic nitrogens is 1. The van der Waals surface area contributed by atoms with Crippen molar-refractivity contribution >= 4 is 34.1 Å². The van der Waals surface area contributed by atoms with Gasteiger partial charge in [0.15, 0.2) is 0 Å². The van der Waals surface area contributed by atoms with Gasteiger partial charge in [-0.05, 0) is 37.3 Å². The predicted molar refractivity (Wildman–Crippen MR) is 93.4 cm³/mol. The Bertz CT molecular complexity index is 919. The van der Waals surface area contributed by atoms with Crippen LogP contribution in [0, 0.1) is 0 Å². The number of fused-ring (bicyclic) bond motifs is 1. The van der Waals surface area contributed by atoms with E-state index >= 15 is 0 Å². The molecular formula is C18H15ClN2O2. The number of nitrogens with zero attached hydrogens (tertiary/aromatic N) is 1. The van der Waals surface area contributed by atoms with Crippen molar-refractivity contribution in [3.63, 3.8) is 0 Å². The van der Waals surface area contributed by atoms with E-state index in [9.17, 15) is 9.59 Å². The average Bonchev–Trinajstić information content (AvgIpc) is 2.56. The van der Waals surface area contributed by atoms with Gasteiger partial charge in [-0.15, -0.1) is 0 Å². The van der Waals surface area contributed by atoms with Crippen LogP contribution < -0.4 is 10.5 Å². The van der Waals surface area contributed by atoms with Gasteiger partial charge in [-0.2, -0.15) is 0 Å². The van der Waals surface area contributed by atoms with Gasteiger partial charge in [0.25, 0.3) is 5.91 Å². The minimum Gasteiger partial charge on any atom is -0.322 e. The normalized spacial score (nSPS) is 10.7. The fraction of sp³-hybridized carbons (Fsp3) is 0.111. The molecule has 1 N–H and O–H groups in total. The highest BCUT2D eigenvalue weighted by Gasteiger charge is 2.19. The topological polar surface area (TPSA) is 53.2 Å². The third-order valence-corrected chi connectivity index (χ3v) is 3.90. The third kappa shape index (κ3) is 2.98. The van der Waals surface area contributed by atoms with E-state index in [0.717, 1.165) is 5.69 Å². The lowest BCUT2D eigenvalue weighted by Gasteiger charge is -2.21. The smallest absolute Gasteiger partial charge is 0.259 e. The van der Waals surface area contributed by atoms with Crippen molar-refractivity contribution in [2.75, 3.05) is 11.4 Å². The molecule has 23 heavy (non-hydrogen) atoms. The molecule has 3 aromatic rings. The molecule has 1 amide bonds. The Morgan fingerprint density at radius 3 is 2.57 bits per heavy atom. The number of anilines is 1. The Hall–Kier alpha value is -2.59. The lowest BCUT2D eigenvalue weighted by atomic mass is 10.1. The largest absolute Gasteiger partial charge is 0.322 e. The minimum absolute atomic E-state index is 0.225. The highest BCUT2D eigenvalue weighted by molar-refractivity contribution is 6.31. The van der Waals surface area contributed by atoms with Gasteiger partial charge in [0, 0.05) is 34.2 Å². The number of nitrogens with one attached hydrogen (secondary N) is 1. The number of carbonyl (C=O) groups excluding carboxylic acids is 1. The van der Waals surface area contributed by atoms with Crippen LogP contribution in [0.25, 0.3) is 10.9 Å². The number of rotatable bonds is 3. The first kappa shape index (κ1) is 15.3. The van der Waals surface area contributed by atoms with E-state index in [1.54, 1.807) is 23.1 Å². The quantitative estimate of drug-likeness (QED) is 0.795. The van der Waals surface area contributed by atoms with Crippen LogP contribution in [0.4, 0.5) is 5.69 Å². The molecule has 1 aromatic heterocycles. The number of para-hydroxylation sites is 1. The van der Waals surface area contributed by atoms with E-state index in [1.807, 2.05) is 37.3 Å². The maximum absolute atomic E-state index is 13.0. The van der Waals surface area contributed by atoms with Crippen molar-refractivity contribution in [3.8, 4) is 0 Å². The zero-order valence-electron chi connectivity index (χ0n) is 12.5. The highest BCUT2D eigenvalue weighted by atomic mass is 35.5. The molecule has 0 atom stereocenters. The summed E-state index contributed by atoms with van der Waals surface area (Å²) in [5, 5.41) is 1.15. The molecular weight excluding hydrogens is 312 g/mol. The molecule has 4 nitrogen and oxygen atoms in total. The van der Waals surface area contributed by atoms with E-state index in [-0.39, 0.29) is 11.5 Å². The van der Waals surface area contributed by atoms with Crippen LogP contribution in [0.15, 0.2) is 59.4 Å². The molecule has 0 saturated heterocycles. The van der Waals surface area contributed by atoms with Crippen molar-refractivity contribution in [2.24, 2.45) is 0 Å². The number of hydrogen-bond acceptors (Lipinski definition) is 2. The average molecular weight is 327 g/mol. The number of pyridine rings is 1. The van der Waals surface area contributed by atoms with Crippen LogP contribution >= 0.6 is 11.6 Å². The molecule has 0 aliphatic heterocycles. The second-order valence-electron chi connectivity index (χ2n) is 5.12. The van der Waals surface area contributed by atoms with Crippen molar-refractivity contribution in [1.82, 2.24) is 4.98 Å². The van der Waals surface area contributed by atoms with E-state index in [4.69, 9.17) is 11.6 Å². The van der Waals surface area contributed by atoms with Crippen molar-refractivity contribution in [1.29, 1.82) is 0 Å². The zero-order valence-corrected chi connectivity index (χ0v) is 13.3. The van der Waals surface area contributed by atoms with Gasteiger partial charge in [-0.1, -0.05) is 29.8 Å². The summed E-state index contributed by atoms with van der Waals surface area (Å²) in [4.78, 5) is 29.2. The number of carbonyl (C=O) groups is 1. The predicted octanol–water partition coefficient (Wildman–Crippen LogP) is 3.85. The van der Waals surface area contributed by atoms with Crippen molar-refractivity contribution in [2.45, 2.75) is 6.92 Å². The summed E-state index contributed by atoms with van der Waals surface area (Å²) in [6, 6.07) is 15.8. The summed E-state index contributed by atoms with van der Waals surface area (Å²) in [5.41, 5.74) is 1.41. The number of benzene rings is 2. The molecule has 0 radical (unpaired) electrons. The lowest BCUT2D eigenvalue weighted by molar-refractivity contribution is 0.0989. The van der Waals surface area contributed by atoms with Crippen molar-refractivity contribution in [3.05, 3.63) is 75.5 Å². The van der Waals surface area contributed by atoms with Gasteiger partial charge in [0.2, 0.25) is 5.56 Å². The Balaban J connectivity index is 2.17. The standard InChI is InChI=1S/C18H15ClN2O2/c1-2-21(13-6-4-3-5-7-13)18(23)15-11-17(22)20-16-9-8-12(19)10-14(15)16/h3-11H,2H2,1H3,(H,20,22). The second kappa shape index (κ2) is 6.26. The molecule has 0 spiro atoms. The Kier molecular flexibility index (Phi) is 4.17. The fourth-order valence-corrected chi connectivity index (χ4v) is 2.77. The Morgan fingerprint density at radius 1 is 1.13 bits per heavy atom. The Labute approximate surface area is 138 Å². The summed E-state index contributed by atoms with van der Waals surface area (Å²) < 4.78 is 0. The minimum atomic E-state index is -0.313. The molecule has 0 fully saturated rings. The zero-order chi connectivity index (χ0) is 16.4. The van der Waals surface area contributed by atoms with Gasteiger partial charge < -0.3 is 9.88 Å². The monoisotopic (exact) mass is 326 g/mol. The first-order valence-corrected chi connectivity index (χ1v) is 7.67. The summed E-state index contributed by atoms with van der Waals surface area (Å²) in [6.07, 6.45) is 0. The maximum atomic E-state index is 13.0. The highest BCUT2D eigenvalue weighted by Crippen LogP contribution is 2.23. The number of H-pyrrole nitrogens is 1. The van der Waals surface area contributed by atoms with Gasteiger partial charge in [0.05, 0.1) is 5.56 Å². The molecule has 3 rings (SSSR count). The SMILES string of the molecule is CCN(C(=O)c1cc(=O)[nH]c2ccc(Cl)cc12)c1ccccc1. The van der Waals surface area contributed by atoms with Crippen LogP contribution in [0.1, 0.15) is 17.3 Å². The number of amides is 1. The first-order valence-electron chi connectivity index (χ1n) is 7.29. The number of hydrogen-bond donors (Lipinski definition) is 1. The van der Waals surface area contributed by atoms with E-state index < -0.39 is 0 Å². The van der Waals surface area contributed by atoms with Gasteiger partial charge in [-0.25, -0.2) is 0 Å². The molecule has 0 saturated carbocycles. The summed E-state index contributed by atoms with van der Waals surface area (Å²) in [6.45, 7) is 2.39. The summed E-state index contributed by atoms with van der Waals surface area (Å²) in [7, 11) is 0. The van der Waals surface area contributed by atoms with Crippen LogP contribution in [0.5, 0.6) is 0 Å². The van der Waals surface area contributed by atoms with Crippen molar-refractivity contribution < 1.29 is 4.79 Å². The molecule has 0 aliphatic carbocycles. The van der Waals surface area contributed by atoms with Crippen LogP contribution in [-0.4, -0.2) is 17.4 Å². The van der Waals surface area contributed by atoms with E-state index in [2.05, 4.69) is 4.98 Å². The summed E-state index contributed by atoms with van der Waals surface area (Å²) >= 11 is 6.05. The van der Waals surface area contributed by atoms with Crippen LogP contribution in [0.3, 0.4) is 0 Å². The number of halogens is 1. The lowest BCUT2D eigenvalue weighted by Crippen LogP contribution is -2.31. The fourth-order valence-electron chi connectivity index (χ4n) is 2.60.